The zero-order valence-corrected chi connectivity index (χ0v) is 17.6. The third-order valence-electron chi connectivity index (χ3n) is 4.33. The van der Waals surface area contributed by atoms with Crippen molar-refractivity contribution in [3.63, 3.8) is 0 Å². The molecular formula is C23H28N4O3. The van der Waals surface area contributed by atoms with Gasteiger partial charge in [-0.1, -0.05) is 43.7 Å². The van der Waals surface area contributed by atoms with Crippen LogP contribution >= 0.6 is 0 Å². The van der Waals surface area contributed by atoms with Crippen LogP contribution < -0.4 is 20.7 Å². The molecule has 3 amide bonds. The monoisotopic (exact) mass is 408 g/mol. The molecule has 0 radical (unpaired) electrons. The summed E-state index contributed by atoms with van der Waals surface area (Å²) < 4.78 is 5.20. The quantitative estimate of drug-likeness (QED) is 0.588. The summed E-state index contributed by atoms with van der Waals surface area (Å²) in [5.41, 5.74) is 2.72. The van der Waals surface area contributed by atoms with Crippen molar-refractivity contribution < 1.29 is 14.3 Å². The molecule has 3 N–H and O–H groups in total. The van der Waals surface area contributed by atoms with E-state index >= 15 is 0 Å². The molecule has 0 saturated carbocycles. The first-order valence-electron chi connectivity index (χ1n) is 9.88. The first-order valence-corrected chi connectivity index (χ1v) is 9.88. The zero-order chi connectivity index (χ0) is 21.9. The molecule has 30 heavy (non-hydrogen) atoms. The number of nitrogens with one attached hydrogen (secondary N) is 3. The molecule has 7 nitrogen and oxygen atoms in total. The number of hydrogen-bond donors (Lipinski definition) is 3. The van der Waals surface area contributed by atoms with Crippen molar-refractivity contribution in [1.29, 1.82) is 5.26 Å². The van der Waals surface area contributed by atoms with Gasteiger partial charge in [-0.05, 0) is 49.1 Å². The number of aryl methyl sites for hydroxylation is 1. The fraction of sp³-hybridized carbons (Fsp3) is 0.348. The molecule has 2 aromatic carbocycles. The maximum Gasteiger partial charge on any atom is 0.315 e. The van der Waals surface area contributed by atoms with Crippen molar-refractivity contribution >= 4 is 17.6 Å². The highest BCUT2D eigenvalue weighted by Crippen LogP contribution is 2.16. The number of carbonyl (C=O) groups excluding carboxylic acids is 2. The zero-order valence-electron chi connectivity index (χ0n) is 17.6. The van der Waals surface area contributed by atoms with Gasteiger partial charge >= 0.3 is 6.03 Å². The Labute approximate surface area is 177 Å². The van der Waals surface area contributed by atoms with Crippen molar-refractivity contribution in [3.8, 4) is 11.8 Å². The lowest BCUT2D eigenvalue weighted by molar-refractivity contribution is -0.118. The molecule has 0 spiro atoms. The van der Waals surface area contributed by atoms with E-state index in [1.165, 1.54) is 0 Å². The van der Waals surface area contributed by atoms with Crippen molar-refractivity contribution in [2.45, 2.75) is 39.8 Å². The summed E-state index contributed by atoms with van der Waals surface area (Å²) in [5.74, 6) is 0.474. The van der Waals surface area contributed by atoms with Gasteiger partial charge in [0.1, 0.15) is 17.9 Å². The Balaban J connectivity index is 1.92. The molecule has 0 bridgehead atoms. The Bertz CT molecular complexity index is 871. The van der Waals surface area contributed by atoms with Crippen LogP contribution in [0.25, 0.3) is 0 Å². The van der Waals surface area contributed by atoms with E-state index in [-0.39, 0.29) is 18.4 Å². The highest BCUT2D eigenvalue weighted by molar-refractivity contribution is 5.97. The van der Waals surface area contributed by atoms with Gasteiger partial charge in [-0.15, -0.1) is 0 Å². The van der Waals surface area contributed by atoms with Crippen LogP contribution in [-0.2, 0) is 11.3 Å². The molecule has 0 aliphatic carbocycles. The van der Waals surface area contributed by atoms with Gasteiger partial charge in [0.05, 0.1) is 0 Å². The number of anilines is 1. The van der Waals surface area contributed by atoms with Crippen LogP contribution in [-0.4, -0.2) is 24.6 Å². The second kappa shape index (κ2) is 11.5. The van der Waals surface area contributed by atoms with E-state index in [0.717, 1.165) is 11.1 Å². The molecule has 0 fully saturated rings. The number of hydrogen-bond acceptors (Lipinski definition) is 4. The average molecular weight is 409 g/mol. The fourth-order valence-corrected chi connectivity index (χ4v) is 2.78. The molecule has 0 heterocycles. The number of nitrogens with zero attached hydrogens (tertiary/aromatic N) is 1. The summed E-state index contributed by atoms with van der Waals surface area (Å²) >= 11 is 0. The normalized spacial score (nSPS) is 11.3. The highest BCUT2D eigenvalue weighted by atomic mass is 16.5. The Morgan fingerprint density at radius 3 is 2.33 bits per heavy atom. The SMILES string of the molecule is Cc1ccc(CNC(=O)NC(CC(C)C)C(=O)Nc2ccc(OCC#N)cc2)cc1. The topological polar surface area (TPSA) is 103 Å². The van der Waals surface area contributed by atoms with Crippen LogP contribution in [0.15, 0.2) is 48.5 Å². The minimum absolute atomic E-state index is 0.0379. The summed E-state index contributed by atoms with van der Waals surface area (Å²) in [4.78, 5) is 25.1. The number of amides is 3. The molecule has 2 aromatic rings. The number of rotatable bonds is 9. The number of urea groups is 1. The van der Waals surface area contributed by atoms with Crippen molar-refractivity contribution in [3.05, 3.63) is 59.7 Å². The summed E-state index contributed by atoms with van der Waals surface area (Å²) in [6.07, 6.45) is 0.507. The summed E-state index contributed by atoms with van der Waals surface area (Å²) in [7, 11) is 0. The molecular weight excluding hydrogens is 380 g/mol. The van der Waals surface area contributed by atoms with Gasteiger partial charge in [0, 0.05) is 12.2 Å². The van der Waals surface area contributed by atoms with Crippen LogP contribution in [0.3, 0.4) is 0 Å². The lowest BCUT2D eigenvalue weighted by Crippen LogP contribution is -2.48. The lowest BCUT2D eigenvalue weighted by atomic mass is 10.0. The van der Waals surface area contributed by atoms with Gasteiger partial charge in [-0.2, -0.15) is 5.26 Å². The van der Waals surface area contributed by atoms with Crippen LogP contribution in [0, 0.1) is 24.2 Å². The van der Waals surface area contributed by atoms with Gasteiger partial charge in [-0.3, -0.25) is 4.79 Å². The van der Waals surface area contributed by atoms with Gasteiger partial charge in [0.15, 0.2) is 6.61 Å². The largest absolute Gasteiger partial charge is 0.479 e. The first kappa shape index (κ1) is 22.8. The van der Waals surface area contributed by atoms with E-state index < -0.39 is 12.1 Å². The number of benzene rings is 2. The van der Waals surface area contributed by atoms with Crippen molar-refractivity contribution in [2.75, 3.05) is 11.9 Å². The smallest absolute Gasteiger partial charge is 0.315 e. The molecule has 1 unspecified atom stereocenters. The van der Waals surface area contributed by atoms with Crippen LogP contribution in [0.1, 0.15) is 31.4 Å². The van der Waals surface area contributed by atoms with Crippen LogP contribution in [0.5, 0.6) is 5.75 Å². The second-order valence-electron chi connectivity index (χ2n) is 7.46. The number of ether oxygens (including phenoxy) is 1. The fourth-order valence-electron chi connectivity index (χ4n) is 2.78. The van der Waals surface area contributed by atoms with Crippen molar-refractivity contribution in [1.82, 2.24) is 10.6 Å². The Kier molecular flexibility index (Phi) is 8.70. The molecule has 158 valence electrons. The highest BCUT2D eigenvalue weighted by Gasteiger charge is 2.22. The van der Waals surface area contributed by atoms with E-state index in [4.69, 9.17) is 10.00 Å². The van der Waals surface area contributed by atoms with Gasteiger partial charge < -0.3 is 20.7 Å². The molecule has 2 rings (SSSR count). The minimum Gasteiger partial charge on any atom is -0.479 e. The molecule has 0 aliphatic heterocycles. The van der Waals surface area contributed by atoms with E-state index in [2.05, 4.69) is 16.0 Å². The van der Waals surface area contributed by atoms with Crippen LogP contribution in [0.4, 0.5) is 10.5 Å². The Morgan fingerprint density at radius 2 is 1.73 bits per heavy atom. The standard InChI is InChI=1S/C23H28N4O3/c1-16(2)14-21(27-23(29)25-15-18-6-4-17(3)5-7-18)22(28)26-19-8-10-20(11-9-19)30-13-12-24/h4-11,16,21H,13-15H2,1-3H3,(H,26,28)(H2,25,27,29). The maximum atomic E-state index is 12.7. The molecule has 7 heteroatoms. The molecule has 0 aliphatic rings. The average Bonchev–Trinajstić information content (AvgIpc) is 2.72. The summed E-state index contributed by atoms with van der Waals surface area (Å²) in [6, 6.07) is 15.4. The van der Waals surface area contributed by atoms with E-state index in [1.807, 2.05) is 51.1 Å². The third-order valence-corrected chi connectivity index (χ3v) is 4.33. The van der Waals surface area contributed by atoms with Gasteiger partial charge in [0.25, 0.3) is 0 Å². The molecule has 1 atom stereocenters. The van der Waals surface area contributed by atoms with Gasteiger partial charge in [-0.25, -0.2) is 4.79 Å². The van der Waals surface area contributed by atoms with Gasteiger partial charge in [0.2, 0.25) is 5.91 Å². The summed E-state index contributed by atoms with van der Waals surface area (Å²) in [5, 5.41) is 16.9. The predicted octanol–water partition coefficient (Wildman–Crippen LogP) is 3.75. The second-order valence-corrected chi connectivity index (χ2v) is 7.46. The van der Waals surface area contributed by atoms with E-state index in [1.54, 1.807) is 24.3 Å². The predicted molar refractivity (Wildman–Crippen MR) is 116 cm³/mol. The van der Waals surface area contributed by atoms with E-state index in [0.29, 0.717) is 24.4 Å². The number of nitriles is 1. The molecule has 0 aromatic heterocycles. The lowest BCUT2D eigenvalue weighted by Gasteiger charge is -2.20. The number of carbonyl (C=O) groups is 2. The third kappa shape index (κ3) is 7.84. The van der Waals surface area contributed by atoms with E-state index in [9.17, 15) is 9.59 Å². The van der Waals surface area contributed by atoms with Crippen molar-refractivity contribution in [2.24, 2.45) is 5.92 Å². The minimum atomic E-state index is -0.669. The first-order chi connectivity index (χ1) is 14.4. The van der Waals surface area contributed by atoms with Crippen LogP contribution in [0.2, 0.25) is 0 Å². The maximum absolute atomic E-state index is 12.7. The Morgan fingerprint density at radius 1 is 1.07 bits per heavy atom. The summed E-state index contributed by atoms with van der Waals surface area (Å²) in [6.45, 7) is 6.34. The Hall–Kier alpha value is -3.53. The molecule has 0 saturated heterocycles.